The number of aryl methyl sites for hydroxylation is 3. The number of aromatic hydroxyl groups is 1. The van der Waals surface area contributed by atoms with E-state index in [9.17, 15) is 5.11 Å². The molecule has 0 saturated heterocycles. The van der Waals surface area contributed by atoms with Crippen LogP contribution in [0.5, 0.6) is 5.75 Å². The second-order valence-corrected chi connectivity index (χ2v) is 6.29. The summed E-state index contributed by atoms with van der Waals surface area (Å²) in [6.45, 7) is 6.39. The van der Waals surface area contributed by atoms with Crippen LogP contribution in [0.2, 0.25) is 0 Å². The predicted octanol–water partition coefficient (Wildman–Crippen LogP) is 5.41. The van der Waals surface area contributed by atoms with Gasteiger partial charge in [0.15, 0.2) is 0 Å². The predicted molar refractivity (Wildman–Crippen MR) is 96.7 cm³/mol. The zero-order valence-corrected chi connectivity index (χ0v) is 13.6. The highest BCUT2D eigenvalue weighted by molar-refractivity contribution is 5.96. The Morgan fingerprint density at radius 1 is 0.783 bits per heavy atom. The zero-order chi connectivity index (χ0) is 16.1. The SMILES string of the molecule is Cc1cc2c(C)cn(-c3c(O)ccc4ccccc34)c2cc1C. The lowest BCUT2D eigenvalue weighted by Crippen LogP contribution is -1.95. The van der Waals surface area contributed by atoms with Crippen LogP contribution in [0.15, 0.2) is 54.7 Å². The minimum atomic E-state index is 0.304. The number of benzene rings is 3. The van der Waals surface area contributed by atoms with E-state index in [0.29, 0.717) is 5.75 Å². The van der Waals surface area contributed by atoms with Gasteiger partial charge in [-0.2, -0.15) is 0 Å². The maximum Gasteiger partial charge on any atom is 0.140 e. The molecule has 1 N–H and O–H groups in total. The number of hydrogen-bond donors (Lipinski definition) is 1. The highest BCUT2D eigenvalue weighted by Crippen LogP contribution is 2.35. The Labute approximate surface area is 135 Å². The largest absolute Gasteiger partial charge is 0.506 e. The number of nitrogens with zero attached hydrogens (tertiary/aromatic N) is 1. The van der Waals surface area contributed by atoms with Crippen molar-refractivity contribution in [3.05, 3.63) is 71.4 Å². The van der Waals surface area contributed by atoms with Gasteiger partial charge in [0.1, 0.15) is 5.75 Å². The molecule has 0 radical (unpaired) electrons. The quantitative estimate of drug-likeness (QED) is 0.499. The molecular formula is C21H19NO. The standard InChI is InChI=1S/C21H19NO/c1-13-10-18-15(3)12-22(19(18)11-14(13)2)21-17-7-5-4-6-16(17)8-9-20(21)23/h4-12,23H,1-3H3. The fourth-order valence-corrected chi connectivity index (χ4v) is 3.33. The van der Waals surface area contributed by atoms with Gasteiger partial charge in [-0.1, -0.05) is 30.3 Å². The highest BCUT2D eigenvalue weighted by atomic mass is 16.3. The molecule has 0 fully saturated rings. The van der Waals surface area contributed by atoms with Crippen LogP contribution in [-0.2, 0) is 0 Å². The van der Waals surface area contributed by atoms with Gasteiger partial charge in [-0.3, -0.25) is 0 Å². The van der Waals surface area contributed by atoms with Gasteiger partial charge < -0.3 is 9.67 Å². The van der Waals surface area contributed by atoms with Crippen LogP contribution in [0.4, 0.5) is 0 Å². The molecule has 0 aliphatic rings. The fourth-order valence-electron chi connectivity index (χ4n) is 3.33. The number of hydrogen-bond acceptors (Lipinski definition) is 1. The van der Waals surface area contributed by atoms with E-state index >= 15 is 0 Å². The zero-order valence-electron chi connectivity index (χ0n) is 13.6. The molecule has 0 aliphatic heterocycles. The summed E-state index contributed by atoms with van der Waals surface area (Å²) in [6.07, 6.45) is 2.12. The summed E-state index contributed by atoms with van der Waals surface area (Å²) in [5, 5.41) is 14.0. The van der Waals surface area contributed by atoms with E-state index in [1.54, 1.807) is 6.07 Å². The smallest absolute Gasteiger partial charge is 0.140 e. The summed E-state index contributed by atoms with van der Waals surface area (Å²) in [4.78, 5) is 0. The van der Waals surface area contributed by atoms with E-state index in [1.165, 1.54) is 22.1 Å². The van der Waals surface area contributed by atoms with Crippen molar-refractivity contribution in [2.45, 2.75) is 20.8 Å². The summed E-state index contributed by atoms with van der Waals surface area (Å²) in [5.41, 5.74) is 5.76. The van der Waals surface area contributed by atoms with Crippen molar-refractivity contribution in [3.63, 3.8) is 0 Å². The molecule has 0 unspecified atom stereocenters. The van der Waals surface area contributed by atoms with Crippen molar-refractivity contribution in [1.29, 1.82) is 0 Å². The molecule has 0 saturated carbocycles. The van der Waals surface area contributed by atoms with E-state index < -0.39 is 0 Å². The van der Waals surface area contributed by atoms with Crippen molar-refractivity contribution in [2.75, 3.05) is 0 Å². The molecule has 3 aromatic carbocycles. The van der Waals surface area contributed by atoms with E-state index in [2.05, 4.69) is 55.8 Å². The number of phenols is 1. The van der Waals surface area contributed by atoms with Crippen LogP contribution in [0.25, 0.3) is 27.4 Å². The summed E-state index contributed by atoms with van der Waals surface area (Å²) in [5.74, 6) is 0.304. The molecule has 0 aliphatic carbocycles. The normalized spacial score (nSPS) is 11.4. The van der Waals surface area contributed by atoms with Gasteiger partial charge in [-0.25, -0.2) is 0 Å². The molecule has 23 heavy (non-hydrogen) atoms. The topological polar surface area (TPSA) is 25.2 Å². The van der Waals surface area contributed by atoms with Gasteiger partial charge in [0, 0.05) is 17.0 Å². The Balaban J connectivity index is 2.15. The van der Waals surface area contributed by atoms with Gasteiger partial charge in [0.05, 0.1) is 11.2 Å². The summed E-state index contributed by atoms with van der Waals surface area (Å²) < 4.78 is 2.12. The molecule has 1 heterocycles. The minimum Gasteiger partial charge on any atom is -0.506 e. The van der Waals surface area contributed by atoms with Crippen molar-refractivity contribution in [1.82, 2.24) is 4.57 Å². The summed E-state index contributed by atoms with van der Waals surface area (Å²) in [6, 6.07) is 16.4. The molecule has 2 heteroatoms. The van der Waals surface area contributed by atoms with Crippen LogP contribution in [0.1, 0.15) is 16.7 Å². The van der Waals surface area contributed by atoms with Crippen molar-refractivity contribution in [2.24, 2.45) is 0 Å². The van der Waals surface area contributed by atoms with Crippen LogP contribution in [0, 0.1) is 20.8 Å². The third kappa shape index (κ3) is 2.02. The Bertz CT molecular complexity index is 1060. The Morgan fingerprint density at radius 3 is 2.35 bits per heavy atom. The minimum absolute atomic E-state index is 0.304. The lowest BCUT2D eigenvalue weighted by atomic mass is 10.1. The molecule has 4 rings (SSSR count). The maximum absolute atomic E-state index is 10.5. The maximum atomic E-state index is 10.5. The number of rotatable bonds is 1. The third-order valence-electron chi connectivity index (χ3n) is 4.74. The first-order valence-electron chi connectivity index (χ1n) is 7.86. The monoisotopic (exact) mass is 301 g/mol. The van der Waals surface area contributed by atoms with Crippen molar-refractivity contribution in [3.8, 4) is 11.4 Å². The van der Waals surface area contributed by atoms with E-state index in [0.717, 1.165) is 22.0 Å². The molecule has 4 aromatic rings. The van der Waals surface area contributed by atoms with Gasteiger partial charge >= 0.3 is 0 Å². The Hall–Kier alpha value is -2.74. The van der Waals surface area contributed by atoms with Gasteiger partial charge in [0.25, 0.3) is 0 Å². The first-order valence-corrected chi connectivity index (χ1v) is 7.86. The second-order valence-electron chi connectivity index (χ2n) is 6.29. The summed E-state index contributed by atoms with van der Waals surface area (Å²) >= 11 is 0. The van der Waals surface area contributed by atoms with Crippen molar-refractivity contribution >= 4 is 21.7 Å². The lowest BCUT2D eigenvalue weighted by Gasteiger charge is -2.12. The van der Waals surface area contributed by atoms with Crippen LogP contribution in [0.3, 0.4) is 0 Å². The van der Waals surface area contributed by atoms with Crippen LogP contribution >= 0.6 is 0 Å². The lowest BCUT2D eigenvalue weighted by molar-refractivity contribution is 0.473. The molecular weight excluding hydrogens is 282 g/mol. The van der Waals surface area contributed by atoms with Crippen LogP contribution < -0.4 is 0 Å². The van der Waals surface area contributed by atoms with E-state index in [-0.39, 0.29) is 0 Å². The van der Waals surface area contributed by atoms with Crippen LogP contribution in [-0.4, -0.2) is 9.67 Å². The first-order chi connectivity index (χ1) is 11.1. The average molecular weight is 301 g/mol. The second kappa shape index (κ2) is 4.88. The Morgan fingerprint density at radius 2 is 1.52 bits per heavy atom. The van der Waals surface area contributed by atoms with Gasteiger partial charge in [0.2, 0.25) is 0 Å². The van der Waals surface area contributed by atoms with Gasteiger partial charge in [-0.15, -0.1) is 0 Å². The van der Waals surface area contributed by atoms with Crippen molar-refractivity contribution < 1.29 is 5.11 Å². The van der Waals surface area contributed by atoms with E-state index in [4.69, 9.17) is 0 Å². The summed E-state index contributed by atoms with van der Waals surface area (Å²) in [7, 11) is 0. The molecule has 114 valence electrons. The molecule has 0 amide bonds. The highest BCUT2D eigenvalue weighted by Gasteiger charge is 2.14. The molecule has 0 bridgehead atoms. The average Bonchev–Trinajstić information content (AvgIpc) is 2.84. The number of fused-ring (bicyclic) bond motifs is 2. The fraction of sp³-hybridized carbons (Fsp3) is 0.143. The molecule has 0 atom stereocenters. The first kappa shape index (κ1) is 13.9. The molecule has 0 spiro atoms. The molecule has 2 nitrogen and oxygen atoms in total. The third-order valence-corrected chi connectivity index (χ3v) is 4.74. The van der Waals surface area contributed by atoms with E-state index in [1.807, 2.05) is 18.2 Å². The van der Waals surface area contributed by atoms with Gasteiger partial charge in [-0.05, 0) is 61.0 Å². The Kier molecular flexibility index (Phi) is 2.95. The number of aromatic nitrogens is 1. The number of phenolic OH excluding ortho intramolecular Hbond substituents is 1. The molecule has 1 aromatic heterocycles.